The van der Waals surface area contributed by atoms with Gasteiger partial charge in [-0.25, -0.2) is 8.42 Å². The lowest BCUT2D eigenvalue weighted by Gasteiger charge is -2.35. The van der Waals surface area contributed by atoms with E-state index in [1.54, 1.807) is 29.4 Å². The predicted octanol–water partition coefficient (Wildman–Crippen LogP) is 3.30. The van der Waals surface area contributed by atoms with Gasteiger partial charge < -0.3 is 10.6 Å². The Balaban J connectivity index is 1.60. The summed E-state index contributed by atoms with van der Waals surface area (Å²) in [6.45, 7) is 6.31. The monoisotopic (exact) mass is 457 g/mol. The van der Waals surface area contributed by atoms with Crippen molar-refractivity contribution in [3.8, 4) is 0 Å². The molecule has 2 aromatic rings. The summed E-state index contributed by atoms with van der Waals surface area (Å²) in [6, 6.07) is 12.4. The van der Waals surface area contributed by atoms with E-state index in [1.807, 2.05) is 38.1 Å². The average Bonchev–Trinajstić information content (AvgIpc) is 2.77. The molecule has 2 N–H and O–H groups in total. The first-order valence-corrected chi connectivity index (χ1v) is 12.4. The lowest BCUT2D eigenvalue weighted by molar-refractivity contribution is -0.136. The van der Waals surface area contributed by atoms with Gasteiger partial charge in [0.2, 0.25) is 10.0 Å². The lowest BCUT2D eigenvalue weighted by atomic mass is 10.0. The van der Waals surface area contributed by atoms with Gasteiger partial charge in [-0.2, -0.15) is 4.31 Å². The third-order valence-corrected chi connectivity index (χ3v) is 7.88. The molecule has 1 heterocycles. The van der Waals surface area contributed by atoms with Crippen LogP contribution in [0.2, 0.25) is 0 Å². The fourth-order valence-corrected chi connectivity index (χ4v) is 5.98. The first kappa shape index (κ1) is 23.9. The normalized spacial score (nSPS) is 17.0. The standard InChI is InChI=1S/C24H31N3O4S/c1-17-8-11-20(12-9-17)26-24(29)23(28)25-14-13-21-6-4-5-15-27(21)32(30,31)22-16-18(2)7-10-19(22)3/h7-12,16,21H,4-6,13-15H2,1-3H3,(H,25,28)(H,26,29)/t21-/m0/s1. The Morgan fingerprint density at radius 3 is 2.38 bits per heavy atom. The molecule has 0 aromatic heterocycles. The fourth-order valence-electron chi connectivity index (χ4n) is 3.95. The molecule has 2 amide bonds. The molecule has 0 unspecified atom stereocenters. The molecule has 0 aliphatic carbocycles. The van der Waals surface area contributed by atoms with Crippen molar-refractivity contribution in [2.45, 2.75) is 57.4 Å². The second-order valence-electron chi connectivity index (χ2n) is 8.40. The van der Waals surface area contributed by atoms with E-state index in [4.69, 9.17) is 0 Å². The zero-order valence-electron chi connectivity index (χ0n) is 18.8. The molecule has 32 heavy (non-hydrogen) atoms. The van der Waals surface area contributed by atoms with E-state index in [9.17, 15) is 18.0 Å². The van der Waals surface area contributed by atoms with Crippen molar-refractivity contribution in [1.29, 1.82) is 0 Å². The van der Waals surface area contributed by atoms with Gasteiger partial charge in [-0.15, -0.1) is 0 Å². The Bertz CT molecular complexity index is 1080. The zero-order valence-corrected chi connectivity index (χ0v) is 19.7. The average molecular weight is 458 g/mol. The first-order chi connectivity index (χ1) is 15.2. The molecule has 0 saturated carbocycles. The molecule has 7 nitrogen and oxygen atoms in total. The van der Waals surface area contributed by atoms with Gasteiger partial charge in [-0.05, 0) is 69.4 Å². The molecule has 0 spiro atoms. The highest BCUT2D eigenvalue weighted by molar-refractivity contribution is 7.89. The molecule has 3 rings (SSSR count). The van der Waals surface area contributed by atoms with Gasteiger partial charge in [0.15, 0.2) is 0 Å². The second-order valence-corrected chi connectivity index (χ2v) is 10.3. The number of amides is 2. The molecule has 0 bridgehead atoms. The van der Waals surface area contributed by atoms with Crippen molar-refractivity contribution >= 4 is 27.5 Å². The fraction of sp³-hybridized carbons (Fsp3) is 0.417. The van der Waals surface area contributed by atoms with Crippen LogP contribution in [0.4, 0.5) is 5.69 Å². The summed E-state index contributed by atoms with van der Waals surface area (Å²) in [6.07, 6.45) is 2.93. The number of aryl methyl sites for hydroxylation is 3. The number of carbonyl (C=O) groups is 2. The summed E-state index contributed by atoms with van der Waals surface area (Å²) in [5, 5.41) is 5.19. The third-order valence-electron chi connectivity index (χ3n) is 5.78. The molecular weight excluding hydrogens is 426 g/mol. The number of benzene rings is 2. The van der Waals surface area contributed by atoms with Gasteiger partial charge in [0.1, 0.15) is 0 Å². The van der Waals surface area contributed by atoms with E-state index >= 15 is 0 Å². The van der Waals surface area contributed by atoms with Crippen LogP contribution in [0.25, 0.3) is 0 Å². The molecule has 1 aliphatic heterocycles. The van der Waals surface area contributed by atoms with E-state index in [1.165, 1.54) is 0 Å². The van der Waals surface area contributed by atoms with E-state index in [0.29, 0.717) is 23.5 Å². The maximum atomic E-state index is 13.4. The zero-order chi connectivity index (χ0) is 23.3. The van der Waals surface area contributed by atoms with Gasteiger partial charge in [-0.1, -0.05) is 36.2 Å². The van der Waals surface area contributed by atoms with Crippen LogP contribution in [0.1, 0.15) is 42.4 Å². The Kier molecular flexibility index (Phi) is 7.69. The van der Waals surface area contributed by atoms with Gasteiger partial charge in [0.05, 0.1) is 4.90 Å². The highest BCUT2D eigenvalue weighted by Crippen LogP contribution is 2.29. The largest absolute Gasteiger partial charge is 0.348 e. The van der Waals surface area contributed by atoms with E-state index in [-0.39, 0.29) is 12.6 Å². The van der Waals surface area contributed by atoms with Crippen molar-refractivity contribution in [3.05, 3.63) is 59.2 Å². The number of nitrogens with zero attached hydrogens (tertiary/aromatic N) is 1. The minimum absolute atomic E-state index is 0.214. The minimum atomic E-state index is -3.63. The Hall–Kier alpha value is -2.71. The summed E-state index contributed by atoms with van der Waals surface area (Å²) >= 11 is 0. The van der Waals surface area contributed by atoms with Gasteiger partial charge in [-0.3, -0.25) is 9.59 Å². The Morgan fingerprint density at radius 2 is 1.66 bits per heavy atom. The van der Waals surface area contributed by atoms with Crippen LogP contribution in [0.3, 0.4) is 0 Å². The molecule has 172 valence electrons. The number of rotatable bonds is 6. The SMILES string of the molecule is Cc1ccc(NC(=O)C(=O)NCC[C@@H]2CCCCN2S(=O)(=O)c2cc(C)ccc2C)cc1. The van der Waals surface area contributed by atoms with Crippen molar-refractivity contribution in [2.24, 2.45) is 0 Å². The summed E-state index contributed by atoms with van der Waals surface area (Å²) in [7, 11) is -3.63. The van der Waals surface area contributed by atoms with Gasteiger partial charge in [0.25, 0.3) is 0 Å². The van der Waals surface area contributed by atoms with Crippen LogP contribution in [0, 0.1) is 20.8 Å². The number of sulfonamides is 1. The molecule has 1 atom stereocenters. The highest BCUT2D eigenvalue weighted by atomic mass is 32.2. The van der Waals surface area contributed by atoms with Crippen molar-refractivity contribution in [3.63, 3.8) is 0 Å². The van der Waals surface area contributed by atoms with Crippen LogP contribution in [0.15, 0.2) is 47.4 Å². The molecular formula is C24H31N3O4S. The van der Waals surface area contributed by atoms with Gasteiger partial charge >= 0.3 is 11.8 Å². The number of hydrogen-bond acceptors (Lipinski definition) is 4. The lowest BCUT2D eigenvalue weighted by Crippen LogP contribution is -2.46. The summed E-state index contributed by atoms with van der Waals surface area (Å²) in [5.41, 5.74) is 3.23. The number of nitrogens with one attached hydrogen (secondary N) is 2. The maximum Gasteiger partial charge on any atom is 0.313 e. The van der Waals surface area contributed by atoms with E-state index in [2.05, 4.69) is 10.6 Å². The number of carbonyl (C=O) groups excluding carboxylic acids is 2. The Labute approximate surface area is 190 Å². The number of piperidine rings is 1. The van der Waals surface area contributed by atoms with Crippen LogP contribution in [-0.4, -0.2) is 43.7 Å². The number of hydrogen-bond donors (Lipinski definition) is 2. The molecule has 1 aliphatic rings. The smallest absolute Gasteiger partial charge is 0.313 e. The van der Waals surface area contributed by atoms with E-state index in [0.717, 1.165) is 36.0 Å². The molecule has 8 heteroatoms. The van der Waals surface area contributed by atoms with Crippen LogP contribution >= 0.6 is 0 Å². The van der Waals surface area contributed by atoms with Crippen molar-refractivity contribution < 1.29 is 18.0 Å². The van der Waals surface area contributed by atoms with Crippen LogP contribution in [0.5, 0.6) is 0 Å². The summed E-state index contributed by atoms with van der Waals surface area (Å²) < 4.78 is 28.3. The highest BCUT2D eigenvalue weighted by Gasteiger charge is 2.34. The van der Waals surface area contributed by atoms with E-state index < -0.39 is 21.8 Å². The predicted molar refractivity (Wildman–Crippen MR) is 125 cm³/mol. The minimum Gasteiger partial charge on any atom is -0.348 e. The summed E-state index contributed by atoms with van der Waals surface area (Å²) in [5.74, 6) is -1.47. The third kappa shape index (κ3) is 5.75. The summed E-state index contributed by atoms with van der Waals surface area (Å²) in [4.78, 5) is 24.6. The maximum absolute atomic E-state index is 13.4. The molecule has 0 radical (unpaired) electrons. The number of anilines is 1. The van der Waals surface area contributed by atoms with Gasteiger partial charge in [0, 0.05) is 24.8 Å². The first-order valence-electron chi connectivity index (χ1n) is 10.9. The van der Waals surface area contributed by atoms with Crippen LogP contribution < -0.4 is 10.6 Å². The molecule has 1 fully saturated rings. The Morgan fingerprint density at radius 1 is 0.969 bits per heavy atom. The molecule has 1 saturated heterocycles. The van der Waals surface area contributed by atoms with Crippen molar-refractivity contribution in [1.82, 2.24) is 9.62 Å². The second kappa shape index (κ2) is 10.3. The van der Waals surface area contributed by atoms with Crippen molar-refractivity contribution in [2.75, 3.05) is 18.4 Å². The van der Waals surface area contributed by atoms with Crippen LogP contribution in [-0.2, 0) is 19.6 Å². The quantitative estimate of drug-likeness (QED) is 0.651. The topological polar surface area (TPSA) is 95.6 Å². The molecule has 2 aromatic carbocycles.